The topological polar surface area (TPSA) is 84.2 Å². The minimum absolute atomic E-state index is 0.262. The number of benzene rings is 2. The maximum atomic E-state index is 12.7. The van der Waals surface area contributed by atoms with Crippen LogP contribution in [0.3, 0.4) is 0 Å². The van der Waals surface area contributed by atoms with E-state index in [1.165, 1.54) is 10.4 Å². The minimum Gasteiger partial charge on any atom is -0.369 e. The number of hydrogen-bond acceptors (Lipinski definition) is 7. The molecule has 0 atom stereocenters. The lowest BCUT2D eigenvalue weighted by Gasteiger charge is -2.35. The Kier molecular flexibility index (Phi) is 5.59. The Labute approximate surface area is 170 Å². The SMILES string of the molecule is Cc1ccc(S(=O)(=O)Cn2nnnc2CN2CCN(c3ccccc3)CC2)cc1. The molecule has 0 aliphatic carbocycles. The Bertz CT molecular complexity index is 1040. The van der Waals surface area contributed by atoms with Crippen molar-refractivity contribution in [2.45, 2.75) is 24.2 Å². The third-order valence-corrected chi connectivity index (χ3v) is 6.71. The first-order valence-electron chi connectivity index (χ1n) is 9.58. The highest BCUT2D eigenvalue weighted by molar-refractivity contribution is 7.90. The van der Waals surface area contributed by atoms with Gasteiger partial charge in [-0.2, -0.15) is 0 Å². The molecule has 1 fully saturated rings. The van der Waals surface area contributed by atoms with Crippen molar-refractivity contribution in [3.63, 3.8) is 0 Å². The molecule has 8 nitrogen and oxygen atoms in total. The van der Waals surface area contributed by atoms with Gasteiger partial charge in [0.05, 0.1) is 11.4 Å². The van der Waals surface area contributed by atoms with Crippen LogP contribution < -0.4 is 4.90 Å². The summed E-state index contributed by atoms with van der Waals surface area (Å²) in [6.07, 6.45) is 0. The Morgan fingerprint density at radius 3 is 2.31 bits per heavy atom. The van der Waals surface area contributed by atoms with Crippen molar-refractivity contribution in [1.82, 2.24) is 25.1 Å². The van der Waals surface area contributed by atoms with E-state index in [9.17, 15) is 8.42 Å². The molecule has 0 radical (unpaired) electrons. The number of sulfone groups is 1. The molecular formula is C20H24N6O2S. The molecule has 0 amide bonds. The van der Waals surface area contributed by atoms with Crippen molar-refractivity contribution >= 4 is 15.5 Å². The molecule has 2 aromatic carbocycles. The fraction of sp³-hybridized carbons (Fsp3) is 0.350. The summed E-state index contributed by atoms with van der Waals surface area (Å²) < 4.78 is 26.8. The van der Waals surface area contributed by atoms with Crippen LogP contribution in [0.2, 0.25) is 0 Å². The number of aryl methyl sites for hydroxylation is 1. The van der Waals surface area contributed by atoms with Gasteiger partial charge in [0, 0.05) is 31.9 Å². The molecule has 0 saturated carbocycles. The van der Waals surface area contributed by atoms with Crippen LogP contribution in [0.25, 0.3) is 0 Å². The van der Waals surface area contributed by atoms with Crippen LogP contribution in [0.15, 0.2) is 59.5 Å². The molecule has 1 aliphatic heterocycles. The van der Waals surface area contributed by atoms with Gasteiger partial charge in [-0.1, -0.05) is 35.9 Å². The average Bonchev–Trinajstić information content (AvgIpc) is 3.15. The predicted octanol–water partition coefficient (Wildman–Crippen LogP) is 1.74. The summed E-state index contributed by atoms with van der Waals surface area (Å²) in [7, 11) is -3.51. The highest BCUT2D eigenvalue weighted by Crippen LogP contribution is 2.17. The van der Waals surface area contributed by atoms with E-state index in [0.717, 1.165) is 31.7 Å². The minimum atomic E-state index is -3.51. The Balaban J connectivity index is 1.39. The zero-order chi connectivity index (χ0) is 20.3. The molecule has 0 N–H and O–H groups in total. The summed E-state index contributed by atoms with van der Waals surface area (Å²) in [5, 5.41) is 11.7. The summed E-state index contributed by atoms with van der Waals surface area (Å²) in [5.41, 5.74) is 2.24. The lowest BCUT2D eigenvalue weighted by molar-refractivity contribution is 0.240. The van der Waals surface area contributed by atoms with Crippen LogP contribution in [-0.2, 0) is 22.3 Å². The quantitative estimate of drug-likeness (QED) is 0.610. The van der Waals surface area contributed by atoms with Crippen molar-refractivity contribution in [3.8, 4) is 0 Å². The Morgan fingerprint density at radius 1 is 0.931 bits per heavy atom. The maximum Gasteiger partial charge on any atom is 0.198 e. The lowest BCUT2D eigenvalue weighted by Crippen LogP contribution is -2.46. The number of tetrazole rings is 1. The normalized spacial score (nSPS) is 15.6. The average molecular weight is 413 g/mol. The number of hydrogen-bond donors (Lipinski definition) is 0. The van der Waals surface area contributed by atoms with Crippen molar-refractivity contribution in [1.29, 1.82) is 0 Å². The highest BCUT2D eigenvalue weighted by atomic mass is 32.2. The van der Waals surface area contributed by atoms with Crippen molar-refractivity contribution in [3.05, 3.63) is 66.0 Å². The molecule has 0 unspecified atom stereocenters. The van der Waals surface area contributed by atoms with Crippen LogP contribution in [-0.4, -0.2) is 59.7 Å². The Morgan fingerprint density at radius 2 is 1.62 bits per heavy atom. The maximum absolute atomic E-state index is 12.7. The number of anilines is 1. The zero-order valence-electron chi connectivity index (χ0n) is 16.3. The van der Waals surface area contributed by atoms with E-state index < -0.39 is 9.84 Å². The molecule has 29 heavy (non-hydrogen) atoms. The Hall–Kier alpha value is -2.78. The number of rotatable bonds is 6. The second kappa shape index (κ2) is 8.30. The van der Waals surface area contributed by atoms with Gasteiger partial charge in [0.15, 0.2) is 21.5 Å². The third-order valence-electron chi connectivity index (χ3n) is 5.14. The first kappa shape index (κ1) is 19.5. The van der Waals surface area contributed by atoms with Crippen molar-refractivity contribution < 1.29 is 8.42 Å². The second-order valence-electron chi connectivity index (χ2n) is 7.25. The summed E-state index contributed by atoms with van der Waals surface area (Å²) in [5.74, 6) is 0.302. The summed E-state index contributed by atoms with van der Waals surface area (Å²) in [6, 6.07) is 17.2. The van der Waals surface area contributed by atoms with E-state index in [-0.39, 0.29) is 10.8 Å². The molecule has 0 bridgehead atoms. The van der Waals surface area contributed by atoms with E-state index in [1.807, 2.05) is 25.1 Å². The summed E-state index contributed by atoms with van der Waals surface area (Å²) in [4.78, 5) is 4.88. The van der Waals surface area contributed by atoms with Crippen molar-refractivity contribution in [2.24, 2.45) is 0 Å². The van der Waals surface area contributed by atoms with Gasteiger partial charge in [0.25, 0.3) is 0 Å². The number of para-hydroxylation sites is 1. The molecule has 2 heterocycles. The molecule has 4 rings (SSSR count). The van der Waals surface area contributed by atoms with E-state index >= 15 is 0 Å². The van der Waals surface area contributed by atoms with E-state index in [2.05, 4.69) is 37.5 Å². The van der Waals surface area contributed by atoms with Crippen LogP contribution >= 0.6 is 0 Å². The van der Waals surface area contributed by atoms with Crippen LogP contribution in [0.4, 0.5) is 5.69 Å². The van der Waals surface area contributed by atoms with E-state index in [4.69, 9.17) is 0 Å². The highest BCUT2D eigenvalue weighted by Gasteiger charge is 2.22. The van der Waals surface area contributed by atoms with E-state index in [0.29, 0.717) is 12.4 Å². The number of piperazine rings is 1. The zero-order valence-corrected chi connectivity index (χ0v) is 17.2. The van der Waals surface area contributed by atoms with Crippen LogP contribution in [0.1, 0.15) is 11.4 Å². The molecule has 9 heteroatoms. The second-order valence-corrected chi connectivity index (χ2v) is 9.21. The summed E-state index contributed by atoms with van der Waals surface area (Å²) in [6.45, 7) is 6.01. The fourth-order valence-electron chi connectivity index (χ4n) is 3.42. The first-order chi connectivity index (χ1) is 14.0. The molecule has 0 spiro atoms. The molecule has 1 aliphatic rings. The van der Waals surface area contributed by atoms with Gasteiger partial charge in [-0.15, -0.1) is 5.10 Å². The number of aromatic nitrogens is 4. The molecular weight excluding hydrogens is 388 g/mol. The lowest BCUT2D eigenvalue weighted by atomic mass is 10.2. The van der Waals surface area contributed by atoms with Gasteiger partial charge in [0.1, 0.15) is 0 Å². The standard InChI is InChI=1S/C20H24N6O2S/c1-17-7-9-19(10-8-17)29(27,28)16-26-20(21-22-23-26)15-24-11-13-25(14-12-24)18-5-3-2-4-6-18/h2-10H,11-16H2,1H3. The monoisotopic (exact) mass is 412 g/mol. The molecule has 3 aromatic rings. The number of nitrogens with zero attached hydrogens (tertiary/aromatic N) is 6. The van der Waals surface area contributed by atoms with Gasteiger partial charge in [0.2, 0.25) is 0 Å². The van der Waals surface area contributed by atoms with Crippen molar-refractivity contribution in [2.75, 3.05) is 31.1 Å². The fourth-order valence-corrected chi connectivity index (χ4v) is 4.64. The van der Waals surface area contributed by atoms with Gasteiger partial charge in [-0.25, -0.2) is 13.1 Å². The molecule has 1 saturated heterocycles. The van der Waals surface area contributed by atoms with Gasteiger partial charge >= 0.3 is 0 Å². The first-order valence-corrected chi connectivity index (χ1v) is 11.2. The van der Waals surface area contributed by atoms with Gasteiger partial charge in [-0.05, 0) is 41.6 Å². The largest absolute Gasteiger partial charge is 0.369 e. The van der Waals surface area contributed by atoms with Crippen LogP contribution in [0, 0.1) is 6.92 Å². The van der Waals surface area contributed by atoms with Gasteiger partial charge in [-0.3, -0.25) is 4.90 Å². The molecule has 152 valence electrons. The summed E-state index contributed by atoms with van der Waals surface area (Å²) >= 11 is 0. The van der Waals surface area contributed by atoms with Gasteiger partial charge < -0.3 is 4.90 Å². The smallest absolute Gasteiger partial charge is 0.198 e. The molecule has 1 aromatic heterocycles. The third kappa shape index (κ3) is 4.63. The van der Waals surface area contributed by atoms with Crippen LogP contribution in [0.5, 0.6) is 0 Å². The predicted molar refractivity (Wildman–Crippen MR) is 110 cm³/mol. The van der Waals surface area contributed by atoms with E-state index in [1.54, 1.807) is 24.3 Å².